The molecule has 0 heterocycles. The predicted octanol–water partition coefficient (Wildman–Crippen LogP) is 5.08. The summed E-state index contributed by atoms with van der Waals surface area (Å²) in [7, 11) is -3.80. The lowest BCUT2D eigenvalue weighted by atomic mass is 10.0. The quantitative estimate of drug-likeness (QED) is 0.346. The molecule has 1 N–H and O–H groups in total. The standard InChI is InChI=1S/C33H41N3O4S/c1-24-14-16-28(17-15-24)22-35(32(37)23-36(41(4,39)40)30-19-25(2)18-26(3)20-30)31(21-27-10-6-5-7-11-27)33(38)34-29-12-8-9-13-29/h5-7,10-11,14-20,29,31H,8-9,12-13,21-23H2,1-4H3,(H,34,38)/t31-/m0/s1. The van der Waals surface area contributed by atoms with Gasteiger partial charge in [-0.3, -0.25) is 13.9 Å². The first-order valence-electron chi connectivity index (χ1n) is 14.2. The van der Waals surface area contributed by atoms with Gasteiger partial charge in [0.15, 0.2) is 0 Å². The van der Waals surface area contributed by atoms with Crippen LogP contribution < -0.4 is 9.62 Å². The summed E-state index contributed by atoms with van der Waals surface area (Å²) in [4.78, 5) is 29.7. The van der Waals surface area contributed by atoms with Crippen LogP contribution in [0.15, 0.2) is 72.8 Å². The smallest absolute Gasteiger partial charge is 0.244 e. The lowest BCUT2D eigenvalue weighted by Gasteiger charge is -2.34. The monoisotopic (exact) mass is 575 g/mol. The summed E-state index contributed by atoms with van der Waals surface area (Å²) in [5.41, 5.74) is 5.11. The molecule has 4 rings (SSSR count). The number of hydrogen-bond donors (Lipinski definition) is 1. The molecular formula is C33H41N3O4S. The number of sulfonamides is 1. The van der Waals surface area contributed by atoms with Crippen LogP contribution in [0.3, 0.4) is 0 Å². The highest BCUT2D eigenvalue weighted by Crippen LogP contribution is 2.24. The lowest BCUT2D eigenvalue weighted by molar-refractivity contribution is -0.140. The fourth-order valence-electron chi connectivity index (χ4n) is 5.52. The van der Waals surface area contributed by atoms with E-state index >= 15 is 0 Å². The van der Waals surface area contributed by atoms with E-state index in [2.05, 4.69) is 5.32 Å². The van der Waals surface area contributed by atoms with E-state index in [0.29, 0.717) is 12.1 Å². The molecule has 41 heavy (non-hydrogen) atoms. The van der Waals surface area contributed by atoms with Gasteiger partial charge in [-0.1, -0.05) is 79.1 Å². The number of benzene rings is 3. The summed E-state index contributed by atoms with van der Waals surface area (Å²) in [5, 5.41) is 3.19. The third-order valence-electron chi connectivity index (χ3n) is 7.62. The van der Waals surface area contributed by atoms with Gasteiger partial charge in [0.25, 0.3) is 0 Å². The molecule has 218 valence electrons. The normalized spacial score (nSPS) is 14.4. The van der Waals surface area contributed by atoms with Crippen LogP contribution in [0.25, 0.3) is 0 Å². The van der Waals surface area contributed by atoms with Gasteiger partial charge in [-0.15, -0.1) is 0 Å². The highest BCUT2D eigenvalue weighted by Gasteiger charge is 2.34. The van der Waals surface area contributed by atoms with Crippen molar-refractivity contribution in [2.45, 2.75) is 71.5 Å². The number of nitrogens with zero attached hydrogens (tertiary/aromatic N) is 2. The fraction of sp³-hybridized carbons (Fsp3) is 0.394. The third-order valence-corrected chi connectivity index (χ3v) is 8.76. The van der Waals surface area contributed by atoms with E-state index in [1.165, 1.54) is 0 Å². The molecule has 0 aliphatic heterocycles. The number of amides is 2. The molecule has 2 amide bonds. The van der Waals surface area contributed by atoms with Crippen LogP contribution in [0, 0.1) is 20.8 Å². The maximum Gasteiger partial charge on any atom is 0.244 e. The molecule has 0 aromatic heterocycles. The van der Waals surface area contributed by atoms with Crippen molar-refractivity contribution >= 4 is 27.5 Å². The van der Waals surface area contributed by atoms with E-state index in [4.69, 9.17) is 0 Å². The highest BCUT2D eigenvalue weighted by molar-refractivity contribution is 7.92. The molecule has 8 heteroatoms. The zero-order valence-electron chi connectivity index (χ0n) is 24.5. The van der Waals surface area contributed by atoms with Gasteiger partial charge < -0.3 is 10.2 Å². The number of nitrogens with one attached hydrogen (secondary N) is 1. The van der Waals surface area contributed by atoms with Gasteiger partial charge in [-0.2, -0.15) is 0 Å². The summed E-state index contributed by atoms with van der Waals surface area (Å²) >= 11 is 0. The Hall–Kier alpha value is -3.65. The van der Waals surface area contributed by atoms with Crippen LogP contribution >= 0.6 is 0 Å². The van der Waals surface area contributed by atoms with Crippen LogP contribution in [-0.4, -0.2) is 50.0 Å². The fourth-order valence-corrected chi connectivity index (χ4v) is 6.35. The molecule has 1 fully saturated rings. The molecule has 3 aromatic carbocycles. The Morgan fingerprint density at radius 1 is 0.854 bits per heavy atom. The van der Waals surface area contributed by atoms with E-state index in [1.54, 1.807) is 17.0 Å². The van der Waals surface area contributed by atoms with Crippen molar-refractivity contribution in [2.24, 2.45) is 0 Å². The zero-order chi connectivity index (χ0) is 29.6. The number of hydrogen-bond acceptors (Lipinski definition) is 4. The molecule has 7 nitrogen and oxygen atoms in total. The third kappa shape index (κ3) is 8.43. The summed E-state index contributed by atoms with van der Waals surface area (Å²) in [6.07, 6.45) is 5.41. The Balaban J connectivity index is 1.73. The molecular weight excluding hydrogens is 534 g/mol. The van der Waals surface area contributed by atoms with Crippen LogP contribution in [0.5, 0.6) is 0 Å². The lowest BCUT2D eigenvalue weighted by Crippen LogP contribution is -2.54. The second kappa shape index (κ2) is 13.3. The van der Waals surface area contributed by atoms with Gasteiger partial charge in [0.1, 0.15) is 12.6 Å². The maximum absolute atomic E-state index is 14.2. The second-order valence-corrected chi connectivity index (χ2v) is 13.2. The summed E-state index contributed by atoms with van der Waals surface area (Å²) in [6.45, 7) is 5.56. The van der Waals surface area contributed by atoms with Crippen molar-refractivity contribution in [3.05, 3.63) is 101 Å². The molecule has 0 spiro atoms. The van der Waals surface area contributed by atoms with Crippen molar-refractivity contribution in [1.82, 2.24) is 10.2 Å². The van der Waals surface area contributed by atoms with Crippen LogP contribution in [-0.2, 0) is 32.6 Å². The van der Waals surface area contributed by atoms with Crippen molar-refractivity contribution in [2.75, 3.05) is 17.1 Å². The van der Waals surface area contributed by atoms with E-state index < -0.39 is 28.5 Å². The van der Waals surface area contributed by atoms with Gasteiger partial charge in [0.05, 0.1) is 11.9 Å². The average molecular weight is 576 g/mol. The Kier molecular flexibility index (Phi) is 9.86. The first-order chi connectivity index (χ1) is 19.5. The van der Waals surface area contributed by atoms with Crippen molar-refractivity contribution in [1.29, 1.82) is 0 Å². The van der Waals surface area contributed by atoms with Crippen molar-refractivity contribution in [3.8, 4) is 0 Å². The van der Waals surface area contributed by atoms with E-state index in [1.807, 2.05) is 81.4 Å². The number of aryl methyl sites for hydroxylation is 3. The van der Waals surface area contributed by atoms with E-state index in [-0.39, 0.29) is 18.5 Å². The van der Waals surface area contributed by atoms with Gasteiger partial charge >= 0.3 is 0 Å². The Morgan fingerprint density at radius 3 is 2.05 bits per heavy atom. The number of carbonyl (C=O) groups excluding carboxylic acids is 2. The molecule has 1 saturated carbocycles. The summed E-state index contributed by atoms with van der Waals surface area (Å²) in [6, 6.07) is 22.2. The predicted molar refractivity (Wildman–Crippen MR) is 164 cm³/mol. The molecule has 1 atom stereocenters. The first kappa shape index (κ1) is 30.3. The van der Waals surface area contributed by atoms with Gasteiger partial charge in [-0.25, -0.2) is 8.42 Å². The largest absolute Gasteiger partial charge is 0.352 e. The molecule has 0 saturated heterocycles. The Morgan fingerprint density at radius 2 is 1.46 bits per heavy atom. The highest BCUT2D eigenvalue weighted by atomic mass is 32.2. The molecule has 0 unspecified atom stereocenters. The Labute approximate surface area is 244 Å². The van der Waals surface area contributed by atoms with E-state index in [0.717, 1.165) is 64.1 Å². The minimum Gasteiger partial charge on any atom is -0.352 e. The van der Waals surface area contributed by atoms with E-state index in [9.17, 15) is 18.0 Å². The second-order valence-electron chi connectivity index (χ2n) is 11.3. The molecule has 1 aliphatic carbocycles. The summed E-state index contributed by atoms with van der Waals surface area (Å²) < 4.78 is 27.2. The average Bonchev–Trinajstić information content (AvgIpc) is 3.42. The van der Waals surface area contributed by atoms with Gasteiger partial charge in [0.2, 0.25) is 21.8 Å². The summed E-state index contributed by atoms with van der Waals surface area (Å²) in [5.74, 6) is -0.642. The maximum atomic E-state index is 14.2. The number of carbonyl (C=O) groups is 2. The molecule has 0 radical (unpaired) electrons. The zero-order valence-corrected chi connectivity index (χ0v) is 25.3. The van der Waals surface area contributed by atoms with Crippen LogP contribution in [0.1, 0.15) is 53.5 Å². The molecule has 1 aliphatic rings. The Bertz CT molecular complexity index is 1430. The SMILES string of the molecule is Cc1ccc(CN(C(=O)CN(c2cc(C)cc(C)c2)S(C)(=O)=O)[C@@H](Cc2ccccc2)C(=O)NC2CCCC2)cc1. The minimum absolute atomic E-state index is 0.0832. The first-order valence-corrected chi connectivity index (χ1v) is 16.1. The number of rotatable bonds is 11. The molecule has 0 bridgehead atoms. The van der Waals surface area contributed by atoms with Crippen LogP contribution in [0.4, 0.5) is 5.69 Å². The topological polar surface area (TPSA) is 86.8 Å². The molecule has 3 aromatic rings. The van der Waals surface area contributed by atoms with Crippen molar-refractivity contribution < 1.29 is 18.0 Å². The number of anilines is 1. The van der Waals surface area contributed by atoms with Crippen LogP contribution in [0.2, 0.25) is 0 Å². The van der Waals surface area contributed by atoms with Gasteiger partial charge in [-0.05, 0) is 68.0 Å². The van der Waals surface area contributed by atoms with Crippen molar-refractivity contribution in [3.63, 3.8) is 0 Å². The minimum atomic E-state index is -3.80. The van der Waals surface area contributed by atoms with Gasteiger partial charge in [0, 0.05) is 19.0 Å².